The molecule has 0 radical (unpaired) electrons. The van der Waals surface area contributed by atoms with Crippen LogP contribution in [0, 0.1) is 5.82 Å². The summed E-state index contributed by atoms with van der Waals surface area (Å²) in [6.07, 6.45) is 0. The first-order valence-electron chi connectivity index (χ1n) is 6.11. The standard InChI is InChI=1S/C14H13Cl2FN2OS/c1-19(7-10-3-5-13(16)21-10)8-14(20)18-9-2-4-12(17)11(15)6-9/h2-6H,7-8H2,1H3,(H,18,20). The smallest absolute Gasteiger partial charge is 0.238 e. The molecule has 1 aromatic heterocycles. The van der Waals surface area contributed by atoms with Gasteiger partial charge in [-0.15, -0.1) is 11.3 Å². The Hall–Kier alpha value is -1.14. The van der Waals surface area contributed by atoms with Gasteiger partial charge < -0.3 is 5.32 Å². The maximum atomic E-state index is 13.0. The Morgan fingerprint density at radius 2 is 2.10 bits per heavy atom. The van der Waals surface area contributed by atoms with Crippen LogP contribution in [0.15, 0.2) is 30.3 Å². The second-order valence-electron chi connectivity index (χ2n) is 4.56. The van der Waals surface area contributed by atoms with E-state index in [1.807, 2.05) is 24.1 Å². The van der Waals surface area contributed by atoms with Crippen molar-refractivity contribution < 1.29 is 9.18 Å². The molecule has 0 saturated heterocycles. The number of hydrogen-bond acceptors (Lipinski definition) is 3. The fourth-order valence-corrected chi connectivity index (χ4v) is 3.13. The zero-order valence-electron chi connectivity index (χ0n) is 11.2. The first kappa shape index (κ1) is 16.2. The van der Waals surface area contributed by atoms with E-state index >= 15 is 0 Å². The fourth-order valence-electron chi connectivity index (χ4n) is 1.78. The van der Waals surface area contributed by atoms with Crippen LogP contribution in [0.1, 0.15) is 4.88 Å². The summed E-state index contributed by atoms with van der Waals surface area (Å²) in [5, 5.41) is 2.66. The second kappa shape index (κ2) is 7.22. The summed E-state index contributed by atoms with van der Waals surface area (Å²) in [6.45, 7) is 0.847. The molecule has 0 atom stereocenters. The molecule has 1 heterocycles. The molecule has 0 fully saturated rings. The van der Waals surface area contributed by atoms with Gasteiger partial charge in [0, 0.05) is 17.1 Å². The van der Waals surface area contributed by atoms with E-state index in [0.717, 1.165) is 9.21 Å². The highest BCUT2D eigenvalue weighted by Crippen LogP contribution is 2.22. The molecule has 0 saturated carbocycles. The van der Waals surface area contributed by atoms with Crippen molar-refractivity contribution >= 4 is 46.1 Å². The molecule has 0 bridgehead atoms. The Balaban J connectivity index is 1.87. The lowest BCUT2D eigenvalue weighted by atomic mass is 10.3. The molecule has 0 aliphatic heterocycles. The topological polar surface area (TPSA) is 32.3 Å². The van der Waals surface area contributed by atoms with Crippen LogP contribution in [0.4, 0.5) is 10.1 Å². The van der Waals surface area contributed by atoms with Gasteiger partial charge in [0.2, 0.25) is 5.91 Å². The predicted molar refractivity (Wildman–Crippen MR) is 85.7 cm³/mol. The van der Waals surface area contributed by atoms with E-state index in [1.165, 1.54) is 29.5 Å². The summed E-state index contributed by atoms with van der Waals surface area (Å²) in [4.78, 5) is 14.8. The van der Waals surface area contributed by atoms with Crippen molar-refractivity contribution in [1.82, 2.24) is 4.90 Å². The van der Waals surface area contributed by atoms with Crippen LogP contribution in [0.3, 0.4) is 0 Å². The maximum absolute atomic E-state index is 13.0. The zero-order valence-corrected chi connectivity index (χ0v) is 13.5. The number of halogens is 3. The van der Waals surface area contributed by atoms with Crippen molar-refractivity contribution in [1.29, 1.82) is 0 Å². The molecule has 112 valence electrons. The van der Waals surface area contributed by atoms with Crippen molar-refractivity contribution in [3.8, 4) is 0 Å². The highest BCUT2D eigenvalue weighted by molar-refractivity contribution is 7.16. The first-order valence-corrected chi connectivity index (χ1v) is 7.69. The largest absolute Gasteiger partial charge is 0.325 e. The lowest BCUT2D eigenvalue weighted by Gasteiger charge is -2.15. The van der Waals surface area contributed by atoms with Gasteiger partial charge in [-0.1, -0.05) is 23.2 Å². The molecule has 0 spiro atoms. The summed E-state index contributed by atoms with van der Waals surface area (Å²) in [5.74, 6) is -0.704. The summed E-state index contributed by atoms with van der Waals surface area (Å²) in [5.41, 5.74) is 0.471. The average Bonchev–Trinajstić information content (AvgIpc) is 2.79. The Morgan fingerprint density at radius 1 is 1.33 bits per heavy atom. The van der Waals surface area contributed by atoms with Gasteiger partial charge in [0.25, 0.3) is 0 Å². The number of nitrogens with zero attached hydrogens (tertiary/aromatic N) is 1. The SMILES string of the molecule is CN(CC(=O)Nc1ccc(F)c(Cl)c1)Cc1ccc(Cl)s1. The normalized spacial score (nSPS) is 10.9. The van der Waals surface area contributed by atoms with Gasteiger partial charge in [0.1, 0.15) is 5.82 Å². The number of thiophene rings is 1. The molecule has 0 aliphatic rings. The minimum Gasteiger partial charge on any atom is -0.325 e. The molecule has 2 aromatic rings. The number of carbonyl (C=O) groups is 1. The number of amides is 1. The Labute approximate surface area is 136 Å². The Bertz CT molecular complexity index is 648. The van der Waals surface area contributed by atoms with Crippen LogP contribution in [-0.2, 0) is 11.3 Å². The molecule has 2 rings (SSSR count). The maximum Gasteiger partial charge on any atom is 0.238 e. The Morgan fingerprint density at radius 3 is 2.71 bits per heavy atom. The molecule has 3 nitrogen and oxygen atoms in total. The number of anilines is 1. The van der Waals surface area contributed by atoms with Crippen molar-refractivity contribution in [3.63, 3.8) is 0 Å². The summed E-state index contributed by atoms with van der Waals surface area (Å²) < 4.78 is 13.8. The molecule has 1 amide bonds. The summed E-state index contributed by atoms with van der Waals surface area (Å²) >= 11 is 13.0. The van der Waals surface area contributed by atoms with Gasteiger partial charge >= 0.3 is 0 Å². The average molecular weight is 347 g/mol. The van der Waals surface area contributed by atoms with E-state index in [0.29, 0.717) is 12.2 Å². The van der Waals surface area contributed by atoms with Crippen LogP contribution in [-0.4, -0.2) is 24.4 Å². The van der Waals surface area contributed by atoms with Crippen LogP contribution < -0.4 is 5.32 Å². The van der Waals surface area contributed by atoms with E-state index in [9.17, 15) is 9.18 Å². The highest BCUT2D eigenvalue weighted by Gasteiger charge is 2.10. The number of carbonyl (C=O) groups excluding carboxylic acids is 1. The van der Waals surface area contributed by atoms with Gasteiger partial charge in [0.05, 0.1) is 15.9 Å². The Kier molecular flexibility index (Phi) is 5.58. The third kappa shape index (κ3) is 4.97. The number of hydrogen-bond donors (Lipinski definition) is 1. The van der Waals surface area contributed by atoms with Crippen LogP contribution in [0.5, 0.6) is 0 Å². The lowest BCUT2D eigenvalue weighted by molar-refractivity contribution is -0.117. The van der Waals surface area contributed by atoms with Crippen molar-refractivity contribution in [2.75, 3.05) is 18.9 Å². The third-order valence-corrected chi connectivity index (χ3v) is 4.18. The number of rotatable bonds is 5. The van der Waals surface area contributed by atoms with Gasteiger partial charge in [-0.2, -0.15) is 0 Å². The summed E-state index contributed by atoms with van der Waals surface area (Å²) in [6, 6.07) is 7.83. The van der Waals surface area contributed by atoms with Gasteiger partial charge in [0.15, 0.2) is 0 Å². The fraction of sp³-hybridized carbons (Fsp3) is 0.214. The predicted octanol–water partition coefficient (Wildman–Crippen LogP) is 4.26. The monoisotopic (exact) mass is 346 g/mol. The molecule has 0 aliphatic carbocycles. The molecule has 1 aromatic carbocycles. The van der Waals surface area contributed by atoms with Crippen LogP contribution >= 0.6 is 34.5 Å². The number of benzene rings is 1. The third-order valence-electron chi connectivity index (χ3n) is 2.67. The minimum absolute atomic E-state index is 0.0191. The van der Waals surface area contributed by atoms with Gasteiger partial charge in [-0.25, -0.2) is 4.39 Å². The zero-order chi connectivity index (χ0) is 15.4. The van der Waals surface area contributed by atoms with Gasteiger partial charge in [-0.05, 0) is 37.4 Å². The molecule has 21 heavy (non-hydrogen) atoms. The van der Waals surface area contributed by atoms with Crippen LogP contribution in [0.2, 0.25) is 9.36 Å². The van der Waals surface area contributed by atoms with Crippen LogP contribution in [0.25, 0.3) is 0 Å². The molecular formula is C14H13Cl2FN2OS. The quantitative estimate of drug-likeness (QED) is 0.876. The number of nitrogens with one attached hydrogen (secondary N) is 1. The van der Waals surface area contributed by atoms with E-state index in [2.05, 4.69) is 5.32 Å². The van der Waals surface area contributed by atoms with E-state index in [1.54, 1.807) is 0 Å². The minimum atomic E-state index is -0.513. The van der Waals surface area contributed by atoms with E-state index in [4.69, 9.17) is 23.2 Å². The molecule has 1 N–H and O–H groups in total. The highest BCUT2D eigenvalue weighted by atomic mass is 35.5. The summed E-state index contributed by atoms with van der Waals surface area (Å²) in [7, 11) is 1.84. The van der Waals surface area contributed by atoms with E-state index < -0.39 is 5.82 Å². The molecule has 0 unspecified atom stereocenters. The van der Waals surface area contributed by atoms with Crippen molar-refractivity contribution in [2.45, 2.75) is 6.54 Å². The number of likely N-dealkylation sites (N-methyl/N-ethyl adjacent to an activating group) is 1. The lowest BCUT2D eigenvalue weighted by Crippen LogP contribution is -2.29. The molecule has 7 heteroatoms. The van der Waals surface area contributed by atoms with Gasteiger partial charge in [-0.3, -0.25) is 9.69 Å². The van der Waals surface area contributed by atoms with Crippen molar-refractivity contribution in [3.05, 3.63) is 50.4 Å². The first-order chi connectivity index (χ1) is 9.94. The van der Waals surface area contributed by atoms with E-state index in [-0.39, 0.29) is 17.5 Å². The molecular weight excluding hydrogens is 334 g/mol. The second-order valence-corrected chi connectivity index (χ2v) is 6.76. The van der Waals surface area contributed by atoms with Crippen molar-refractivity contribution in [2.24, 2.45) is 0 Å².